The van der Waals surface area contributed by atoms with Crippen molar-refractivity contribution in [3.05, 3.63) is 59.4 Å². The van der Waals surface area contributed by atoms with Crippen molar-refractivity contribution in [1.82, 2.24) is 5.32 Å². The molecule has 0 spiro atoms. The van der Waals surface area contributed by atoms with Gasteiger partial charge in [0, 0.05) is 36.7 Å². The van der Waals surface area contributed by atoms with Gasteiger partial charge in [0.25, 0.3) is 0 Å². The molecule has 3 rings (SSSR count). The van der Waals surface area contributed by atoms with Crippen molar-refractivity contribution in [3.8, 4) is 5.75 Å². The number of benzene rings is 2. The Morgan fingerprint density at radius 2 is 2.13 bits per heavy atom. The molecule has 23 heavy (non-hydrogen) atoms. The third-order valence-corrected chi connectivity index (χ3v) is 4.06. The summed E-state index contributed by atoms with van der Waals surface area (Å²) in [6, 6.07) is 12.3. The predicted octanol–water partition coefficient (Wildman–Crippen LogP) is 3.05. The van der Waals surface area contributed by atoms with Gasteiger partial charge in [0.2, 0.25) is 5.91 Å². The van der Waals surface area contributed by atoms with Gasteiger partial charge in [0.15, 0.2) is 0 Å². The van der Waals surface area contributed by atoms with Crippen molar-refractivity contribution in [3.63, 3.8) is 0 Å². The first-order valence-electron chi connectivity index (χ1n) is 7.59. The molecule has 2 aromatic rings. The highest BCUT2D eigenvalue weighted by molar-refractivity contribution is 5.94. The van der Waals surface area contributed by atoms with Crippen molar-refractivity contribution in [2.75, 3.05) is 19.0 Å². The van der Waals surface area contributed by atoms with E-state index < -0.39 is 0 Å². The number of anilines is 1. The van der Waals surface area contributed by atoms with E-state index in [2.05, 4.69) is 10.6 Å². The van der Waals surface area contributed by atoms with Crippen molar-refractivity contribution >= 4 is 11.6 Å². The van der Waals surface area contributed by atoms with Crippen LogP contribution >= 0.6 is 0 Å². The summed E-state index contributed by atoms with van der Waals surface area (Å²) in [6.07, 6.45) is 0.449. The molecule has 120 valence electrons. The van der Waals surface area contributed by atoms with Gasteiger partial charge in [-0.2, -0.15) is 0 Å². The van der Waals surface area contributed by atoms with Crippen molar-refractivity contribution in [1.29, 1.82) is 0 Å². The monoisotopic (exact) mass is 314 g/mol. The SMILES string of the molecule is COc1ccc(F)cc1CNCC1CC(=O)Nc2ccccc21. The average Bonchev–Trinajstić information content (AvgIpc) is 2.55. The molecule has 1 unspecified atom stereocenters. The third kappa shape index (κ3) is 3.51. The van der Waals surface area contributed by atoms with Crippen LogP contribution in [0.15, 0.2) is 42.5 Å². The van der Waals surface area contributed by atoms with E-state index >= 15 is 0 Å². The number of para-hydroxylation sites is 1. The molecule has 1 aliphatic rings. The first-order valence-corrected chi connectivity index (χ1v) is 7.59. The molecule has 1 atom stereocenters. The first-order chi connectivity index (χ1) is 11.2. The highest BCUT2D eigenvalue weighted by Crippen LogP contribution is 2.31. The van der Waals surface area contributed by atoms with E-state index in [1.807, 2.05) is 24.3 Å². The van der Waals surface area contributed by atoms with Gasteiger partial charge in [0.1, 0.15) is 11.6 Å². The van der Waals surface area contributed by atoms with Gasteiger partial charge >= 0.3 is 0 Å². The predicted molar refractivity (Wildman–Crippen MR) is 87.1 cm³/mol. The van der Waals surface area contributed by atoms with Crippen LogP contribution in [0.2, 0.25) is 0 Å². The van der Waals surface area contributed by atoms with Crippen LogP contribution in [0.25, 0.3) is 0 Å². The van der Waals surface area contributed by atoms with Crippen LogP contribution in [0, 0.1) is 5.82 Å². The summed E-state index contributed by atoms with van der Waals surface area (Å²) in [5, 5.41) is 6.20. The lowest BCUT2D eigenvalue weighted by molar-refractivity contribution is -0.116. The smallest absolute Gasteiger partial charge is 0.225 e. The van der Waals surface area contributed by atoms with Gasteiger partial charge in [-0.05, 0) is 29.8 Å². The van der Waals surface area contributed by atoms with Crippen LogP contribution in [-0.2, 0) is 11.3 Å². The lowest BCUT2D eigenvalue weighted by Crippen LogP contribution is -2.29. The van der Waals surface area contributed by atoms with E-state index in [1.54, 1.807) is 13.2 Å². The van der Waals surface area contributed by atoms with Crippen LogP contribution in [0.5, 0.6) is 5.75 Å². The zero-order chi connectivity index (χ0) is 16.2. The second kappa shape index (κ2) is 6.79. The lowest BCUT2D eigenvalue weighted by atomic mass is 9.90. The number of rotatable bonds is 5. The van der Waals surface area contributed by atoms with Gasteiger partial charge in [0.05, 0.1) is 7.11 Å². The summed E-state index contributed by atoms with van der Waals surface area (Å²) in [5.41, 5.74) is 2.77. The van der Waals surface area contributed by atoms with Crippen LogP contribution in [0.3, 0.4) is 0 Å². The molecule has 0 saturated heterocycles. The normalized spacial score (nSPS) is 16.6. The first kappa shape index (κ1) is 15.5. The number of methoxy groups -OCH3 is 1. The molecule has 1 heterocycles. The van der Waals surface area contributed by atoms with Gasteiger partial charge < -0.3 is 15.4 Å². The molecule has 0 fully saturated rings. The zero-order valence-electron chi connectivity index (χ0n) is 12.9. The maximum Gasteiger partial charge on any atom is 0.225 e. The van der Waals surface area contributed by atoms with E-state index in [1.165, 1.54) is 12.1 Å². The fraction of sp³-hybridized carbons (Fsp3) is 0.278. The highest BCUT2D eigenvalue weighted by atomic mass is 19.1. The molecular formula is C18H19FN2O2. The van der Waals surface area contributed by atoms with E-state index in [9.17, 15) is 9.18 Å². The summed E-state index contributed by atoms with van der Waals surface area (Å²) < 4.78 is 18.6. The molecule has 4 nitrogen and oxygen atoms in total. The molecule has 0 saturated carbocycles. The summed E-state index contributed by atoms with van der Waals surface area (Å²) in [5.74, 6) is 0.504. The second-order valence-corrected chi connectivity index (χ2v) is 5.62. The Bertz CT molecular complexity index is 718. The van der Waals surface area contributed by atoms with E-state index in [0.29, 0.717) is 25.3 Å². The number of amides is 1. The number of carbonyl (C=O) groups is 1. The maximum atomic E-state index is 13.4. The topological polar surface area (TPSA) is 50.4 Å². The molecule has 1 aliphatic heterocycles. The molecule has 0 bridgehead atoms. The van der Waals surface area contributed by atoms with Gasteiger partial charge in [-0.3, -0.25) is 4.79 Å². The number of fused-ring (bicyclic) bond motifs is 1. The van der Waals surface area contributed by atoms with Gasteiger partial charge in [-0.1, -0.05) is 18.2 Å². The fourth-order valence-electron chi connectivity index (χ4n) is 2.95. The van der Waals surface area contributed by atoms with Crippen LogP contribution < -0.4 is 15.4 Å². The minimum Gasteiger partial charge on any atom is -0.496 e. The molecule has 0 radical (unpaired) electrons. The number of hydrogen-bond donors (Lipinski definition) is 2. The Morgan fingerprint density at radius 1 is 1.30 bits per heavy atom. The Balaban J connectivity index is 1.68. The second-order valence-electron chi connectivity index (χ2n) is 5.62. The lowest BCUT2D eigenvalue weighted by Gasteiger charge is -2.25. The summed E-state index contributed by atoms with van der Waals surface area (Å²) in [6.45, 7) is 1.13. The molecule has 0 aromatic heterocycles. The molecular weight excluding hydrogens is 295 g/mol. The minimum atomic E-state index is -0.287. The maximum absolute atomic E-state index is 13.4. The summed E-state index contributed by atoms with van der Waals surface area (Å²) >= 11 is 0. The fourth-order valence-corrected chi connectivity index (χ4v) is 2.95. The largest absolute Gasteiger partial charge is 0.496 e. The van der Waals surface area contributed by atoms with Crippen LogP contribution in [0.1, 0.15) is 23.5 Å². The summed E-state index contributed by atoms with van der Waals surface area (Å²) in [4.78, 5) is 11.8. The minimum absolute atomic E-state index is 0.0267. The van der Waals surface area contributed by atoms with E-state index in [-0.39, 0.29) is 17.6 Å². The third-order valence-electron chi connectivity index (χ3n) is 4.06. The van der Waals surface area contributed by atoms with Crippen LogP contribution in [0.4, 0.5) is 10.1 Å². The number of halogens is 1. The molecule has 0 aliphatic carbocycles. The Morgan fingerprint density at radius 3 is 2.96 bits per heavy atom. The standard InChI is InChI=1S/C18H19FN2O2/c1-23-17-7-6-14(19)8-13(17)11-20-10-12-9-18(22)21-16-5-3-2-4-15(12)16/h2-8,12,20H,9-11H2,1H3,(H,21,22). The zero-order valence-corrected chi connectivity index (χ0v) is 12.9. The van der Waals surface area contributed by atoms with E-state index in [0.717, 1.165) is 16.8 Å². The number of ether oxygens (including phenoxy) is 1. The van der Waals surface area contributed by atoms with Gasteiger partial charge in [-0.15, -0.1) is 0 Å². The quantitative estimate of drug-likeness (QED) is 0.892. The highest BCUT2D eigenvalue weighted by Gasteiger charge is 2.24. The molecule has 1 amide bonds. The number of carbonyl (C=O) groups excluding carboxylic acids is 1. The Labute approximate surface area is 134 Å². The number of hydrogen-bond acceptors (Lipinski definition) is 3. The van der Waals surface area contributed by atoms with Crippen molar-refractivity contribution in [2.24, 2.45) is 0 Å². The average molecular weight is 314 g/mol. The van der Waals surface area contributed by atoms with E-state index in [4.69, 9.17) is 4.74 Å². The Hall–Kier alpha value is -2.40. The number of nitrogens with one attached hydrogen (secondary N) is 2. The van der Waals surface area contributed by atoms with Crippen molar-refractivity contribution in [2.45, 2.75) is 18.9 Å². The van der Waals surface area contributed by atoms with Gasteiger partial charge in [-0.25, -0.2) is 4.39 Å². The summed E-state index contributed by atoms with van der Waals surface area (Å²) in [7, 11) is 1.57. The molecule has 2 aromatic carbocycles. The Kier molecular flexibility index (Phi) is 4.57. The molecule has 5 heteroatoms. The molecule has 2 N–H and O–H groups in total. The van der Waals surface area contributed by atoms with Crippen LogP contribution in [-0.4, -0.2) is 19.6 Å². The van der Waals surface area contributed by atoms with Crippen molar-refractivity contribution < 1.29 is 13.9 Å².